The number of hydrogen-bond donors (Lipinski definition) is 1. The Labute approximate surface area is 154 Å². The average molecular weight is 370 g/mol. The number of amides is 1. The number of ether oxygens (including phenoxy) is 1. The van der Waals surface area contributed by atoms with Crippen molar-refractivity contribution in [2.75, 3.05) is 11.9 Å². The van der Waals surface area contributed by atoms with E-state index in [-0.39, 0.29) is 18.3 Å². The zero-order chi connectivity index (χ0) is 18.5. The molecule has 0 radical (unpaired) electrons. The van der Waals surface area contributed by atoms with Crippen molar-refractivity contribution in [2.45, 2.75) is 20.3 Å². The van der Waals surface area contributed by atoms with Crippen molar-refractivity contribution in [1.29, 1.82) is 0 Å². The predicted octanol–water partition coefficient (Wildman–Crippen LogP) is 3.00. The molecule has 3 rings (SSSR count). The monoisotopic (exact) mass is 370 g/mol. The summed E-state index contributed by atoms with van der Waals surface area (Å²) in [6, 6.07) is 9.59. The van der Waals surface area contributed by atoms with Crippen molar-refractivity contribution < 1.29 is 14.3 Å². The second-order valence-electron chi connectivity index (χ2n) is 5.47. The second kappa shape index (κ2) is 7.92. The first-order chi connectivity index (χ1) is 12.6. The summed E-state index contributed by atoms with van der Waals surface area (Å²) in [5.41, 5.74) is 2.66. The van der Waals surface area contributed by atoms with Crippen LogP contribution < -0.4 is 5.32 Å². The SMILES string of the molecule is CCOC(=O)Cc1csc(NC(=O)c2cnn(-c3ccccc3)c2C)n1. The van der Waals surface area contributed by atoms with E-state index in [9.17, 15) is 9.59 Å². The third kappa shape index (κ3) is 3.97. The lowest BCUT2D eigenvalue weighted by atomic mass is 10.2. The number of carbonyl (C=O) groups excluding carboxylic acids is 2. The highest BCUT2D eigenvalue weighted by Gasteiger charge is 2.17. The molecule has 7 nitrogen and oxygen atoms in total. The molecule has 0 bridgehead atoms. The van der Waals surface area contributed by atoms with E-state index in [1.165, 1.54) is 17.5 Å². The molecular weight excluding hydrogens is 352 g/mol. The number of rotatable bonds is 6. The van der Waals surface area contributed by atoms with Gasteiger partial charge >= 0.3 is 5.97 Å². The Kier molecular flexibility index (Phi) is 5.43. The van der Waals surface area contributed by atoms with Crippen LogP contribution in [0.25, 0.3) is 5.69 Å². The highest BCUT2D eigenvalue weighted by Crippen LogP contribution is 2.19. The van der Waals surface area contributed by atoms with Crippen LogP contribution in [0.5, 0.6) is 0 Å². The Bertz CT molecular complexity index is 918. The highest BCUT2D eigenvalue weighted by atomic mass is 32.1. The van der Waals surface area contributed by atoms with E-state index in [2.05, 4.69) is 15.4 Å². The summed E-state index contributed by atoms with van der Waals surface area (Å²) in [5, 5.41) is 9.20. The zero-order valence-corrected chi connectivity index (χ0v) is 15.2. The molecular formula is C18H18N4O3S. The van der Waals surface area contributed by atoms with Crippen molar-refractivity contribution in [3.05, 3.63) is 58.9 Å². The molecule has 0 unspecified atom stereocenters. The third-order valence-corrected chi connectivity index (χ3v) is 4.46. The van der Waals surface area contributed by atoms with Crippen LogP contribution in [0, 0.1) is 6.92 Å². The van der Waals surface area contributed by atoms with Crippen LogP contribution in [-0.4, -0.2) is 33.2 Å². The molecule has 26 heavy (non-hydrogen) atoms. The van der Waals surface area contributed by atoms with E-state index in [0.29, 0.717) is 23.0 Å². The topological polar surface area (TPSA) is 86.1 Å². The first-order valence-corrected chi connectivity index (χ1v) is 8.98. The minimum atomic E-state index is -0.337. The molecule has 3 aromatic rings. The second-order valence-corrected chi connectivity index (χ2v) is 6.33. The molecule has 134 valence electrons. The van der Waals surface area contributed by atoms with Gasteiger partial charge in [0.05, 0.1) is 41.9 Å². The summed E-state index contributed by atoms with van der Waals surface area (Å²) in [4.78, 5) is 28.3. The van der Waals surface area contributed by atoms with Crippen molar-refractivity contribution in [3.63, 3.8) is 0 Å². The molecule has 8 heteroatoms. The maximum Gasteiger partial charge on any atom is 0.311 e. The molecule has 1 aromatic carbocycles. The van der Waals surface area contributed by atoms with Gasteiger partial charge in [-0.3, -0.25) is 14.9 Å². The minimum Gasteiger partial charge on any atom is -0.466 e. The molecule has 2 heterocycles. The number of nitrogens with zero attached hydrogens (tertiary/aromatic N) is 3. The third-order valence-electron chi connectivity index (χ3n) is 3.66. The Balaban J connectivity index is 1.70. The quantitative estimate of drug-likeness (QED) is 0.674. The van der Waals surface area contributed by atoms with Crippen molar-refractivity contribution in [1.82, 2.24) is 14.8 Å². The average Bonchev–Trinajstić information content (AvgIpc) is 3.22. The van der Waals surface area contributed by atoms with E-state index in [4.69, 9.17) is 4.74 Å². The molecule has 0 atom stereocenters. The molecule has 0 aliphatic heterocycles. The number of hydrogen-bond acceptors (Lipinski definition) is 6. The smallest absolute Gasteiger partial charge is 0.311 e. The Morgan fingerprint density at radius 3 is 2.77 bits per heavy atom. The van der Waals surface area contributed by atoms with E-state index in [1.807, 2.05) is 37.3 Å². The van der Waals surface area contributed by atoms with Gasteiger partial charge < -0.3 is 4.74 Å². The van der Waals surface area contributed by atoms with Crippen LogP contribution in [0.4, 0.5) is 5.13 Å². The molecule has 1 amide bonds. The lowest BCUT2D eigenvalue weighted by molar-refractivity contribution is -0.142. The number of anilines is 1. The fourth-order valence-corrected chi connectivity index (χ4v) is 3.14. The van der Waals surface area contributed by atoms with Gasteiger partial charge in [0.25, 0.3) is 5.91 Å². The van der Waals surface area contributed by atoms with Crippen LogP contribution in [0.3, 0.4) is 0 Å². The molecule has 0 aliphatic rings. The number of esters is 1. The highest BCUT2D eigenvalue weighted by molar-refractivity contribution is 7.14. The fourth-order valence-electron chi connectivity index (χ4n) is 2.43. The van der Waals surface area contributed by atoms with Gasteiger partial charge in [-0.1, -0.05) is 18.2 Å². The van der Waals surface area contributed by atoms with Gasteiger partial charge in [-0.15, -0.1) is 11.3 Å². The van der Waals surface area contributed by atoms with E-state index < -0.39 is 0 Å². The molecule has 0 saturated heterocycles. The van der Waals surface area contributed by atoms with Crippen LogP contribution in [0.2, 0.25) is 0 Å². The molecule has 0 fully saturated rings. The Morgan fingerprint density at radius 2 is 2.04 bits per heavy atom. The number of thiazole rings is 1. The summed E-state index contributed by atoms with van der Waals surface area (Å²) in [6.45, 7) is 3.92. The minimum absolute atomic E-state index is 0.0885. The molecule has 2 aromatic heterocycles. The van der Waals surface area contributed by atoms with E-state index >= 15 is 0 Å². The molecule has 0 spiro atoms. The predicted molar refractivity (Wildman–Crippen MR) is 98.7 cm³/mol. The standard InChI is InChI=1S/C18H18N4O3S/c1-3-25-16(23)9-13-11-26-18(20-13)21-17(24)15-10-19-22(12(15)2)14-7-5-4-6-8-14/h4-8,10-11H,3,9H2,1-2H3,(H,20,21,24). The van der Waals surface area contributed by atoms with Crippen LogP contribution in [-0.2, 0) is 16.0 Å². The molecule has 0 aliphatic carbocycles. The van der Waals surface area contributed by atoms with Crippen molar-refractivity contribution in [3.8, 4) is 5.69 Å². The summed E-state index contributed by atoms with van der Waals surface area (Å²) >= 11 is 1.26. The lowest BCUT2D eigenvalue weighted by Gasteiger charge is -2.05. The van der Waals surface area contributed by atoms with Gasteiger partial charge in [0.2, 0.25) is 0 Å². The lowest BCUT2D eigenvalue weighted by Crippen LogP contribution is -2.13. The molecule has 0 saturated carbocycles. The van der Waals surface area contributed by atoms with Crippen LogP contribution >= 0.6 is 11.3 Å². The van der Waals surface area contributed by atoms with E-state index in [0.717, 1.165) is 11.4 Å². The normalized spacial score (nSPS) is 10.5. The number of carbonyl (C=O) groups is 2. The van der Waals surface area contributed by atoms with Gasteiger partial charge in [0.1, 0.15) is 0 Å². The summed E-state index contributed by atoms with van der Waals surface area (Å²) in [6.07, 6.45) is 1.62. The number of aromatic nitrogens is 3. The maximum atomic E-state index is 12.5. The first kappa shape index (κ1) is 17.8. The van der Waals surface area contributed by atoms with Crippen LogP contribution in [0.1, 0.15) is 28.7 Å². The number of nitrogens with one attached hydrogen (secondary N) is 1. The van der Waals surface area contributed by atoms with Crippen LogP contribution in [0.15, 0.2) is 41.9 Å². The van der Waals surface area contributed by atoms with Gasteiger partial charge in [0.15, 0.2) is 5.13 Å². The molecule has 1 N–H and O–H groups in total. The van der Waals surface area contributed by atoms with Crippen molar-refractivity contribution >= 4 is 28.3 Å². The summed E-state index contributed by atoms with van der Waals surface area (Å²) in [7, 11) is 0. The summed E-state index contributed by atoms with van der Waals surface area (Å²) in [5.74, 6) is -0.627. The number of benzene rings is 1. The van der Waals surface area contributed by atoms with Gasteiger partial charge in [-0.05, 0) is 26.0 Å². The summed E-state index contributed by atoms with van der Waals surface area (Å²) < 4.78 is 6.60. The number of para-hydroxylation sites is 1. The largest absolute Gasteiger partial charge is 0.466 e. The van der Waals surface area contributed by atoms with Crippen molar-refractivity contribution in [2.24, 2.45) is 0 Å². The van der Waals surface area contributed by atoms with E-state index in [1.54, 1.807) is 17.0 Å². The van der Waals surface area contributed by atoms with Gasteiger partial charge in [0, 0.05) is 5.38 Å². The fraction of sp³-hybridized carbons (Fsp3) is 0.222. The Morgan fingerprint density at radius 1 is 1.27 bits per heavy atom. The Hall–Kier alpha value is -3.00. The maximum absolute atomic E-state index is 12.5. The zero-order valence-electron chi connectivity index (χ0n) is 14.4. The van der Waals surface area contributed by atoms with Gasteiger partial charge in [-0.2, -0.15) is 5.10 Å². The first-order valence-electron chi connectivity index (χ1n) is 8.10. The van der Waals surface area contributed by atoms with Gasteiger partial charge in [-0.25, -0.2) is 9.67 Å².